The fourth-order valence-electron chi connectivity index (χ4n) is 0.657. The number of hydrogen-bond donors (Lipinski definition) is 0. The average Bonchev–Trinajstić information content (AvgIpc) is 2.63. The molecule has 0 spiro atoms. The minimum Gasteiger partial charge on any atom is 0 e. The molecule has 1 aromatic carbocycles. The van der Waals surface area contributed by atoms with Crippen molar-refractivity contribution in [1.82, 2.24) is 0 Å². The zero-order chi connectivity index (χ0) is 17.4. The molecule has 0 atom stereocenters. The molecule has 7 nitrogen and oxygen atoms in total. The summed E-state index contributed by atoms with van der Waals surface area (Å²) in [5.74, 6) is 0.785. The molecule has 0 aromatic heterocycles. The Morgan fingerprint density at radius 3 is 1.24 bits per heavy atom. The van der Waals surface area contributed by atoms with Gasteiger partial charge in [-0.2, -0.15) is 0 Å². The van der Waals surface area contributed by atoms with Gasteiger partial charge in [0.2, 0.25) is 0 Å². The van der Waals surface area contributed by atoms with E-state index in [0.29, 0.717) is 5.69 Å². The van der Waals surface area contributed by atoms with E-state index in [4.69, 9.17) is 34.6 Å². The van der Waals surface area contributed by atoms with Crippen molar-refractivity contribution < 1.29 is 45.4 Å². The van der Waals surface area contributed by atoms with Crippen LogP contribution in [0.15, 0.2) is 24.3 Å². The van der Waals surface area contributed by atoms with E-state index in [-0.39, 0.29) is 17.4 Å². The number of ether oxygens (including phenoxy) is 1. The van der Waals surface area contributed by atoms with Gasteiger partial charge in [-0.25, -0.2) is 4.85 Å². The molecular formula is C13H7CrNO6. The zero-order valence-electron chi connectivity index (χ0n) is 10.6. The third kappa shape index (κ3) is 31.9. The minimum atomic E-state index is 0. The minimum absolute atomic E-state index is 0. The van der Waals surface area contributed by atoms with E-state index in [2.05, 4.69) is 38.1 Å². The van der Waals surface area contributed by atoms with Crippen LogP contribution < -0.4 is 4.74 Å². The standard InChI is InChI=1S/C8H7NO.5CO.Cr/c1-9-7-3-5-8(10-2)6-4-7;5*1-2;/h3-6H,2H3;;;;;;. The van der Waals surface area contributed by atoms with Gasteiger partial charge in [0.1, 0.15) is 5.75 Å². The molecule has 0 saturated heterocycles. The van der Waals surface area contributed by atoms with Crippen LogP contribution in [0, 0.1) is 39.8 Å². The van der Waals surface area contributed by atoms with E-state index in [1.165, 1.54) is 0 Å². The van der Waals surface area contributed by atoms with Gasteiger partial charge in [0, 0.05) is 17.4 Å². The fourth-order valence-corrected chi connectivity index (χ4v) is 0.657. The maximum atomic E-state index is 7.50. The summed E-state index contributed by atoms with van der Waals surface area (Å²) in [5.41, 5.74) is 0.640. The van der Waals surface area contributed by atoms with Crippen LogP contribution in [0.2, 0.25) is 0 Å². The largest absolute Gasteiger partial charge is 0 e. The Balaban J connectivity index is -0.0000000440. The summed E-state index contributed by atoms with van der Waals surface area (Å²) in [7, 11) is 1.60. The molecule has 0 fully saturated rings. The maximum Gasteiger partial charge on any atom is 0 e. The van der Waals surface area contributed by atoms with Crippen LogP contribution in [0.4, 0.5) is 5.69 Å². The quantitative estimate of drug-likeness (QED) is 0.571. The van der Waals surface area contributed by atoms with Crippen LogP contribution in [0.3, 0.4) is 0 Å². The van der Waals surface area contributed by atoms with Gasteiger partial charge in [0.25, 0.3) is 0 Å². The van der Waals surface area contributed by atoms with Crippen molar-refractivity contribution >= 4 is 5.69 Å². The summed E-state index contributed by atoms with van der Waals surface area (Å²) in [6, 6.07) is 7.00. The first-order valence-corrected chi connectivity index (χ1v) is 3.90. The second kappa shape index (κ2) is 52.4. The van der Waals surface area contributed by atoms with E-state index in [1.54, 1.807) is 31.4 Å². The zero-order valence-corrected chi connectivity index (χ0v) is 11.9. The van der Waals surface area contributed by atoms with Gasteiger partial charge in [0.15, 0.2) is 5.69 Å². The second-order valence-corrected chi connectivity index (χ2v) is 1.81. The fraction of sp³-hybridized carbons (Fsp3) is 0.0769. The predicted octanol–water partition coefficient (Wildman–Crippen LogP) is 2.06. The van der Waals surface area contributed by atoms with E-state index in [9.17, 15) is 0 Å². The van der Waals surface area contributed by atoms with Gasteiger partial charge in [-0.15, -0.1) is 0 Å². The molecule has 0 aliphatic carbocycles. The second-order valence-electron chi connectivity index (χ2n) is 1.81. The van der Waals surface area contributed by atoms with Gasteiger partial charge in [-0.3, -0.25) is 0 Å². The van der Waals surface area contributed by atoms with Crippen LogP contribution >= 0.6 is 0 Å². The van der Waals surface area contributed by atoms with Gasteiger partial charge in [-0.1, -0.05) is 12.1 Å². The van der Waals surface area contributed by atoms with E-state index in [1.807, 2.05) is 0 Å². The van der Waals surface area contributed by atoms with E-state index in [0.717, 1.165) is 5.75 Å². The van der Waals surface area contributed by atoms with Crippen LogP contribution in [0.1, 0.15) is 0 Å². The monoisotopic (exact) mass is 325 g/mol. The Bertz CT molecular complexity index is 404. The molecule has 106 valence electrons. The molecule has 0 aliphatic rings. The van der Waals surface area contributed by atoms with E-state index >= 15 is 0 Å². The number of hydrogen-bond acceptors (Lipinski definition) is 1. The normalized spacial score (nSPS) is 4.48. The Morgan fingerprint density at radius 2 is 1.05 bits per heavy atom. The maximum absolute atomic E-state index is 7.50. The average molecular weight is 325 g/mol. The summed E-state index contributed by atoms with van der Waals surface area (Å²) in [5, 5.41) is 0. The molecular weight excluding hydrogens is 318 g/mol. The third-order valence-corrected chi connectivity index (χ3v) is 1.20. The molecule has 0 unspecified atom stereocenters. The molecule has 0 amide bonds. The Hall–Kier alpha value is -2.26. The summed E-state index contributed by atoms with van der Waals surface area (Å²) >= 11 is 0. The third-order valence-electron chi connectivity index (χ3n) is 1.20. The predicted molar refractivity (Wildman–Crippen MR) is 58.9 cm³/mol. The smallest absolute Gasteiger partial charge is 0 e. The molecule has 0 radical (unpaired) electrons. The van der Waals surface area contributed by atoms with Crippen molar-refractivity contribution in [2.75, 3.05) is 7.11 Å². The summed E-state index contributed by atoms with van der Waals surface area (Å²) in [6.45, 7) is 29.2. The van der Waals surface area contributed by atoms with Crippen molar-refractivity contribution in [2.45, 2.75) is 0 Å². The number of benzene rings is 1. The van der Waals surface area contributed by atoms with Gasteiger partial charge in [-0.05, 0) is 12.1 Å². The number of methoxy groups -OCH3 is 1. The number of nitrogens with zero attached hydrogens (tertiary/aromatic N) is 1. The SMILES string of the molecule is [C-]#[N+]c1ccc(OC)cc1.[C-]#[O+].[C-]#[O+].[C-]#[O+].[C-]#[O+].[C-]#[O+].[Cr]. The van der Waals surface area contributed by atoms with Crippen molar-refractivity contribution in [1.29, 1.82) is 0 Å². The van der Waals surface area contributed by atoms with Crippen LogP contribution in [-0.4, -0.2) is 7.11 Å². The van der Waals surface area contributed by atoms with Crippen molar-refractivity contribution in [3.8, 4) is 5.75 Å². The summed E-state index contributed by atoms with van der Waals surface area (Å²) < 4.78 is 42.4. The summed E-state index contributed by atoms with van der Waals surface area (Å²) in [6.07, 6.45) is 0. The van der Waals surface area contributed by atoms with Crippen molar-refractivity contribution in [3.05, 3.63) is 68.9 Å². The Kier molecular flexibility index (Phi) is 90.7. The molecule has 1 rings (SSSR count). The molecule has 0 bridgehead atoms. The summed E-state index contributed by atoms with van der Waals surface area (Å²) in [4.78, 5) is 3.24. The van der Waals surface area contributed by atoms with Crippen LogP contribution in [0.25, 0.3) is 4.85 Å². The van der Waals surface area contributed by atoms with Gasteiger partial charge < -0.3 is 4.74 Å². The Morgan fingerprint density at radius 1 is 0.762 bits per heavy atom. The first-order chi connectivity index (χ1) is 9.86. The molecule has 21 heavy (non-hydrogen) atoms. The van der Waals surface area contributed by atoms with Crippen LogP contribution in [-0.2, 0) is 40.6 Å². The van der Waals surface area contributed by atoms with Crippen LogP contribution in [0.5, 0.6) is 5.75 Å². The number of rotatable bonds is 1. The Labute approximate surface area is 133 Å². The van der Waals surface area contributed by atoms with E-state index < -0.39 is 0 Å². The molecule has 8 heteroatoms. The molecule has 0 heterocycles. The van der Waals surface area contributed by atoms with Crippen molar-refractivity contribution in [3.63, 3.8) is 0 Å². The molecule has 0 aliphatic heterocycles. The van der Waals surface area contributed by atoms with Gasteiger partial charge in [0.05, 0.1) is 13.7 Å². The molecule has 0 N–H and O–H groups in total. The topological polar surface area (TPSA) is 113 Å². The van der Waals surface area contributed by atoms with Crippen molar-refractivity contribution in [2.24, 2.45) is 0 Å². The molecule has 1 aromatic rings. The first kappa shape index (κ1) is 36.3. The van der Waals surface area contributed by atoms with Gasteiger partial charge >= 0.3 is 56.5 Å². The molecule has 0 saturated carbocycles. The first-order valence-electron chi connectivity index (χ1n) is 3.90.